The summed E-state index contributed by atoms with van der Waals surface area (Å²) in [5.41, 5.74) is 3.83. The largest absolute Gasteiger partial charge is 0.375 e. The van der Waals surface area contributed by atoms with Crippen molar-refractivity contribution in [1.29, 1.82) is 5.26 Å². The molecule has 1 aromatic rings. The van der Waals surface area contributed by atoms with Crippen molar-refractivity contribution in [3.8, 4) is 6.07 Å². The molecule has 0 atom stereocenters. The summed E-state index contributed by atoms with van der Waals surface area (Å²) in [5.74, 6) is 0. The number of hydrogen-bond donors (Lipinski definition) is 0. The molecule has 1 aromatic carbocycles. The fourth-order valence-corrected chi connectivity index (χ4v) is 1.88. The summed E-state index contributed by atoms with van der Waals surface area (Å²) in [5, 5.41) is 8.85. The molecule has 0 bridgehead atoms. The van der Waals surface area contributed by atoms with Gasteiger partial charge in [-0.15, -0.1) is 0 Å². The van der Waals surface area contributed by atoms with Gasteiger partial charge in [0.05, 0.1) is 6.07 Å². The Balaban J connectivity index is 2.79. The van der Waals surface area contributed by atoms with E-state index in [1.54, 1.807) is 12.2 Å². The van der Waals surface area contributed by atoms with E-state index in [9.17, 15) is 0 Å². The van der Waals surface area contributed by atoms with E-state index in [4.69, 9.17) is 5.26 Å². The van der Waals surface area contributed by atoms with E-state index >= 15 is 0 Å². The smallest absolute Gasteiger partial charge is 0.0988 e. The maximum absolute atomic E-state index is 8.85. The van der Waals surface area contributed by atoms with Crippen molar-refractivity contribution in [2.24, 2.45) is 0 Å². The Labute approximate surface area is 122 Å². The van der Waals surface area contributed by atoms with E-state index in [1.807, 2.05) is 13.0 Å². The first-order chi connectivity index (χ1) is 9.62. The first-order valence-corrected chi connectivity index (χ1v) is 6.87. The van der Waals surface area contributed by atoms with Crippen molar-refractivity contribution in [1.82, 2.24) is 0 Å². The van der Waals surface area contributed by atoms with Gasteiger partial charge in [-0.2, -0.15) is 5.26 Å². The maximum atomic E-state index is 8.85. The molecule has 0 N–H and O–H groups in total. The lowest BCUT2D eigenvalue weighted by Crippen LogP contribution is -2.17. The number of hydrogen-bond acceptors (Lipinski definition) is 2. The van der Waals surface area contributed by atoms with E-state index in [2.05, 4.69) is 55.8 Å². The molecular formula is C18H22N2. The van der Waals surface area contributed by atoms with Gasteiger partial charge in [0.2, 0.25) is 0 Å². The molecule has 0 aliphatic heterocycles. The normalized spacial score (nSPS) is 11.4. The lowest BCUT2D eigenvalue weighted by atomic mass is 10.1. The fourth-order valence-electron chi connectivity index (χ4n) is 1.88. The van der Waals surface area contributed by atoms with Crippen LogP contribution in [0.5, 0.6) is 0 Å². The molecule has 0 radical (unpaired) electrons. The molecule has 0 amide bonds. The lowest BCUT2D eigenvalue weighted by molar-refractivity contribution is 0.852. The maximum Gasteiger partial charge on any atom is 0.0988 e. The lowest BCUT2D eigenvalue weighted by Gasteiger charge is -2.18. The zero-order valence-electron chi connectivity index (χ0n) is 12.6. The van der Waals surface area contributed by atoms with E-state index in [1.165, 1.54) is 5.69 Å². The average Bonchev–Trinajstić information content (AvgIpc) is 2.48. The van der Waals surface area contributed by atoms with Gasteiger partial charge in [0, 0.05) is 24.9 Å². The van der Waals surface area contributed by atoms with Crippen LogP contribution < -0.4 is 4.90 Å². The van der Waals surface area contributed by atoms with Gasteiger partial charge in [-0.25, -0.2) is 0 Å². The van der Waals surface area contributed by atoms with Gasteiger partial charge in [-0.1, -0.05) is 37.8 Å². The van der Waals surface area contributed by atoms with E-state index in [0.717, 1.165) is 24.1 Å². The first kappa shape index (κ1) is 15.8. The Morgan fingerprint density at radius 2 is 1.95 bits per heavy atom. The minimum Gasteiger partial charge on any atom is -0.375 e. The van der Waals surface area contributed by atoms with Crippen molar-refractivity contribution < 1.29 is 0 Å². The van der Waals surface area contributed by atoms with Crippen LogP contribution >= 0.6 is 0 Å². The van der Waals surface area contributed by atoms with Gasteiger partial charge >= 0.3 is 0 Å². The molecule has 0 saturated heterocycles. The topological polar surface area (TPSA) is 27.0 Å². The van der Waals surface area contributed by atoms with Crippen LogP contribution in [0, 0.1) is 11.3 Å². The number of allylic oxidation sites excluding steroid dienone is 5. The highest BCUT2D eigenvalue weighted by Gasteiger charge is 2.00. The van der Waals surface area contributed by atoms with Gasteiger partial charge in [-0.05, 0) is 42.7 Å². The molecule has 2 heteroatoms. The summed E-state index contributed by atoms with van der Waals surface area (Å²) in [4.78, 5) is 2.23. The van der Waals surface area contributed by atoms with Crippen molar-refractivity contribution in [2.75, 3.05) is 18.5 Å². The van der Waals surface area contributed by atoms with Crippen molar-refractivity contribution in [3.63, 3.8) is 0 Å². The minimum atomic E-state index is 0.644. The van der Waals surface area contributed by atoms with Crippen LogP contribution in [0.1, 0.15) is 25.8 Å². The minimum absolute atomic E-state index is 0.644. The highest BCUT2D eigenvalue weighted by molar-refractivity contribution is 5.74. The van der Waals surface area contributed by atoms with E-state index < -0.39 is 0 Å². The predicted octanol–water partition coefficient (Wildman–Crippen LogP) is 4.57. The third-order valence-corrected chi connectivity index (χ3v) is 3.14. The van der Waals surface area contributed by atoms with E-state index in [-0.39, 0.29) is 0 Å². The zero-order chi connectivity index (χ0) is 15.0. The van der Waals surface area contributed by atoms with Crippen LogP contribution in [-0.4, -0.2) is 13.6 Å². The zero-order valence-corrected chi connectivity index (χ0v) is 12.6. The Hall–Kier alpha value is -2.27. The standard InChI is InChI=1S/C18H22N2/c1-5-13-20(4)18-11-9-17(10-12-18)15(3)7-8-16(6-2)14-19/h6-12H,3,5,13H2,1-2,4H3/b8-7-,16-6+. The summed E-state index contributed by atoms with van der Waals surface area (Å²) in [7, 11) is 2.10. The predicted molar refractivity (Wildman–Crippen MR) is 87.5 cm³/mol. The van der Waals surface area contributed by atoms with Gasteiger partial charge < -0.3 is 4.90 Å². The molecule has 0 aromatic heterocycles. The van der Waals surface area contributed by atoms with Crippen molar-refractivity contribution in [3.05, 3.63) is 60.2 Å². The van der Waals surface area contributed by atoms with Gasteiger partial charge in [0.25, 0.3) is 0 Å². The van der Waals surface area contributed by atoms with Crippen LogP contribution in [0.25, 0.3) is 5.57 Å². The Morgan fingerprint density at radius 1 is 1.30 bits per heavy atom. The number of nitriles is 1. The second-order valence-electron chi connectivity index (χ2n) is 4.68. The first-order valence-electron chi connectivity index (χ1n) is 6.87. The second-order valence-corrected chi connectivity index (χ2v) is 4.68. The molecule has 104 valence electrons. The highest BCUT2D eigenvalue weighted by atomic mass is 15.1. The molecule has 2 nitrogen and oxygen atoms in total. The summed E-state index contributed by atoms with van der Waals surface area (Å²) < 4.78 is 0. The molecule has 0 aliphatic carbocycles. The molecular weight excluding hydrogens is 244 g/mol. The second kappa shape index (κ2) is 8.01. The summed E-state index contributed by atoms with van der Waals surface area (Å²) in [6.45, 7) is 9.11. The molecule has 0 fully saturated rings. The number of nitrogens with zero attached hydrogens (tertiary/aromatic N) is 2. The Kier molecular flexibility index (Phi) is 6.32. The SMILES string of the molecule is C=C(/C=C\C(C#N)=C/C)c1ccc(N(C)CCC)cc1. The summed E-state index contributed by atoms with van der Waals surface area (Å²) >= 11 is 0. The number of benzene rings is 1. The number of anilines is 1. The van der Waals surface area contributed by atoms with Crippen LogP contribution in [-0.2, 0) is 0 Å². The molecule has 0 spiro atoms. The van der Waals surface area contributed by atoms with E-state index in [0.29, 0.717) is 5.57 Å². The molecule has 0 unspecified atom stereocenters. The van der Waals surface area contributed by atoms with Crippen LogP contribution in [0.2, 0.25) is 0 Å². The molecule has 1 rings (SSSR count). The van der Waals surface area contributed by atoms with Crippen LogP contribution in [0.4, 0.5) is 5.69 Å². The summed E-state index contributed by atoms with van der Waals surface area (Å²) in [6.07, 6.45) is 6.59. The number of rotatable bonds is 6. The molecule has 0 aliphatic rings. The average molecular weight is 266 g/mol. The highest BCUT2D eigenvalue weighted by Crippen LogP contribution is 2.19. The van der Waals surface area contributed by atoms with Crippen molar-refractivity contribution >= 4 is 11.3 Å². The summed E-state index contributed by atoms with van der Waals surface area (Å²) in [6, 6.07) is 10.5. The quantitative estimate of drug-likeness (QED) is 0.557. The molecule has 0 heterocycles. The third-order valence-electron chi connectivity index (χ3n) is 3.14. The van der Waals surface area contributed by atoms with Gasteiger partial charge in [0.1, 0.15) is 0 Å². The Morgan fingerprint density at radius 3 is 2.45 bits per heavy atom. The monoisotopic (exact) mass is 266 g/mol. The fraction of sp³-hybridized carbons (Fsp3) is 0.278. The van der Waals surface area contributed by atoms with Crippen LogP contribution in [0.15, 0.2) is 54.6 Å². The van der Waals surface area contributed by atoms with Crippen LogP contribution in [0.3, 0.4) is 0 Å². The van der Waals surface area contributed by atoms with Gasteiger partial charge in [0.15, 0.2) is 0 Å². The van der Waals surface area contributed by atoms with Gasteiger partial charge in [-0.3, -0.25) is 0 Å². The molecule has 20 heavy (non-hydrogen) atoms. The third kappa shape index (κ3) is 4.44. The Bertz CT molecular complexity index is 542. The molecule has 0 saturated carbocycles. The van der Waals surface area contributed by atoms with Crippen molar-refractivity contribution in [2.45, 2.75) is 20.3 Å².